The first-order valence-corrected chi connectivity index (χ1v) is 9.79. The molecule has 0 saturated carbocycles. The summed E-state index contributed by atoms with van der Waals surface area (Å²) in [6.45, 7) is 12.7. The molecule has 2 heterocycles. The Hall–Kier alpha value is -2.58. The van der Waals surface area contributed by atoms with Crippen LogP contribution in [0.15, 0.2) is 23.5 Å². The molecular formula is C19H33N7O2. The standard InChI is InChI=1S/C19H33N7O2/c1-6-24(18(27)28-19(2,3)4)11-10-23-16(20-5)25-12-14-26(15-13-25)17-21-8-7-9-22-17/h7-9H,6,10-15H2,1-5H3,(H,20,23). The van der Waals surface area contributed by atoms with Crippen molar-refractivity contribution in [3.05, 3.63) is 18.5 Å². The number of aliphatic imine (C=N–C) groups is 1. The van der Waals surface area contributed by atoms with E-state index in [-0.39, 0.29) is 6.09 Å². The van der Waals surface area contributed by atoms with Crippen LogP contribution < -0.4 is 10.2 Å². The molecular weight excluding hydrogens is 358 g/mol. The van der Waals surface area contributed by atoms with Gasteiger partial charge in [-0.2, -0.15) is 0 Å². The fourth-order valence-corrected chi connectivity index (χ4v) is 2.91. The van der Waals surface area contributed by atoms with Gasteiger partial charge in [0.15, 0.2) is 5.96 Å². The second kappa shape index (κ2) is 10.1. The maximum absolute atomic E-state index is 12.2. The number of amides is 1. The lowest BCUT2D eigenvalue weighted by Crippen LogP contribution is -2.53. The van der Waals surface area contributed by atoms with Gasteiger partial charge in [-0.15, -0.1) is 0 Å². The van der Waals surface area contributed by atoms with Crippen molar-refractivity contribution < 1.29 is 9.53 Å². The van der Waals surface area contributed by atoms with Gasteiger partial charge >= 0.3 is 6.09 Å². The molecule has 28 heavy (non-hydrogen) atoms. The summed E-state index contributed by atoms with van der Waals surface area (Å²) < 4.78 is 5.45. The highest BCUT2D eigenvalue weighted by Gasteiger charge is 2.23. The molecule has 0 atom stereocenters. The van der Waals surface area contributed by atoms with Gasteiger partial charge in [-0.05, 0) is 33.8 Å². The van der Waals surface area contributed by atoms with Crippen LogP contribution in [0, 0.1) is 0 Å². The summed E-state index contributed by atoms with van der Waals surface area (Å²) in [5.41, 5.74) is -0.490. The van der Waals surface area contributed by atoms with E-state index in [0.29, 0.717) is 19.6 Å². The van der Waals surface area contributed by atoms with E-state index in [1.807, 2.05) is 33.8 Å². The van der Waals surface area contributed by atoms with E-state index in [4.69, 9.17) is 4.74 Å². The molecule has 1 amide bonds. The molecule has 1 aromatic rings. The second-order valence-electron chi connectivity index (χ2n) is 7.56. The fourth-order valence-electron chi connectivity index (χ4n) is 2.91. The van der Waals surface area contributed by atoms with Crippen molar-refractivity contribution in [1.29, 1.82) is 0 Å². The topological polar surface area (TPSA) is 86.2 Å². The molecule has 2 rings (SSSR count). The largest absolute Gasteiger partial charge is 0.444 e. The first-order chi connectivity index (χ1) is 13.3. The molecule has 0 aromatic carbocycles. The van der Waals surface area contributed by atoms with Gasteiger partial charge < -0.3 is 24.8 Å². The average Bonchev–Trinajstić information content (AvgIpc) is 2.68. The summed E-state index contributed by atoms with van der Waals surface area (Å²) in [4.78, 5) is 31.3. The number of anilines is 1. The molecule has 1 aliphatic heterocycles. The van der Waals surface area contributed by atoms with E-state index in [1.54, 1.807) is 24.3 Å². The molecule has 9 heteroatoms. The number of guanidine groups is 1. The smallest absolute Gasteiger partial charge is 0.410 e. The maximum atomic E-state index is 12.2. The predicted molar refractivity (Wildman–Crippen MR) is 111 cm³/mol. The Labute approximate surface area is 167 Å². The Balaban J connectivity index is 1.79. The minimum atomic E-state index is -0.490. The minimum absolute atomic E-state index is 0.289. The number of carbonyl (C=O) groups is 1. The van der Waals surface area contributed by atoms with Crippen molar-refractivity contribution in [3.8, 4) is 0 Å². The van der Waals surface area contributed by atoms with Crippen molar-refractivity contribution in [2.24, 2.45) is 4.99 Å². The number of carbonyl (C=O) groups excluding carboxylic acids is 1. The van der Waals surface area contributed by atoms with Gasteiger partial charge in [0.05, 0.1) is 0 Å². The molecule has 0 bridgehead atoms. The third-order valence-corrected chi connectivity index (χ3v) is 4.32. The van der Waals surface area contributed by atoms with E-state index < -0.39 is 5.60 Å². The zero-order chi connectivity index (χ0) is 20.6. The lowest BCUT2D eigenvalue weighted by atomic mass is 10.2. The summed E-state index contributed by atoms with van der Waals surface area (Å²) >= 11 is 0. The molecule has 9 nitrogen and oxygen atoms in total. The van der Waals surface area contributed by atoms with E-state index in [1.165, 1.54) is 0 Å². The Morgan fingerprint density at radius 2 is 1.89 bits per heavy atom. The average molecular weight is 392 g/mol. The van der Waals surface area contributed by atoms with Crippen molar-refractivity contribution in [3.63, 3.8) is 0 Å². The molecule has 1 saturated heterocycles. The SMILES string of the molecule is CCN(CCNC(=NC)N1CCN(c2ncccn2)CC1)C(=O)OC(C)(C)C. The first-order valence-electron chi connectivity index (χ1n) is 9.79. The molecule has 1 N–H and O–H groups in total. The summed E-state index contributed by atoms with van der Waals surface area (Å²) in [6.07, 6.45) is 3.24. The van der Waals surface area contributed by atoms with E-state index in [2.05, 4.69) is 30.1 Å². The van der Waals surface area contributed by atoms with Crippen LogP contribution in [-0.4, -0.2) is 90.3 Å². The van der Waals surface area contributed by atoms with Gasteiger partial charge in [-0.3, -0.25) is 4.99 Å². The third kappa shape index (κ3) is 6.54. The van der Waals surface area contributed by atoms with Crippen LogP contribution in [0.2, 0.25) is 0 Å². The van der Waals surface area contributed by atoms with E-state index in [9.17, 15) is 4.79 Å². The molecule has 0 spiro atoms. The monoisotopic (exact) mass is 391 g/mol. The zero-order valence-electron chi connectivity index (χ0n) is 17.7. The first kappa shape index (κ1) is 21.7. The van der Waals surface area contributed by atoms with Crippen molar-refractivity contribution >= 4 is 18.0 Å². The third-order valence-electron chi connectivity index (χ3n) is 4.32. The highest BCUT2D eigenvalue weighted by Crippen LogP contribution is 2.11. The van der Waals surface area contributed by atoms with Crippen LogP contribution in [0.25, 0.3) is 0 Å². The van der Waals surface area contributed by atoms with Crippen LogP contribution >= 0.6 is 0 Å². The molecule has 1 fully saturated rings. The Morgan fingerprint density at radius 3 is 2.43 bits per heavy atom. The van der Waals surface area contributed by atoms with Crippen molar-refractivity contribution in [1.82, 2.24) is 25.1 Å². The number of rotatable bonds is 5. The number of aromatic nitrogens is 2. The normalized spacial score (nSPS) is 15.4. The maximum Gasteiger partial charge on any atom is 0.410 e. The lowest BCUT2D eigenvalue weighted by molar-refractivity contribution is 0.0263. The summed E-state index contributed by atoms with van der Waals surface area (Å²) in [6, 6.07) is 1.82. The summed E-state index contributed by atoms with van der Waals surface area (Å²) in [5.74, 6) is 1.61. The highest BCUT2D eigenvalue weighted by molar-refractivity contribution is 5.80. The number of nitrogens with one attached hydrogen (secondary N) is 1. The zero-order valence-corrected chi connectivity index (χ0v) is 17.7. The quantitative estimate of drug-likeness (QED) is 0.600. The molecule has 1 aliphatic rings. The molecule has 1 aromatic heterocycles. The van der Waals surface area contributed by atoms with E-state index in [0.717, 1.165) is 38.1 Å². The Kier molecular flexibility index (Phi) is 7.83. The van der Waals surface area contributed by atoms with Crippen LogP contribution in [-0.2, 0) is 4.74 Å². The number of hydrogen-bond donors (Lipinski definition) is 1. The number of nitrogens with zero attached hydrogens (tertiary/aromatic N) is 6. The number of piperazine rings is 1. The van der Waals surface area contributed by atoms with Crippen molar-refractivity contribution in [2.45, 2.75) is 33.3 Å². The fraction of sp³-hybridized carbons (Fsp3) is 0.684. The number of hydrogen-bond acceptors (Lipinski definition) is 6. The van der Waals surface area contributed by atoms with Gasteiger partial charge in [0, 0.05) is 65.3 Å². The van der Waals surface area contributed by atoms with Crippen LogP contribution in [0.4, 0.5) is 10.7 Å². The minimum Gasteiger partial charge on any atom is -0.444 e. The van der Waals surface area contributed by atoms with Gasteiger partial charge in [-0.25, -0.2) is 14.8 Å². The Bertz CT molecular complexity index is 637. The van der Waals surface area contributed by atoms with Gasteiger partial charge in [-0.1, -0.05) is 0 Å². The van der Waals surface area contributed by atoms with Crippen molar-refractivity contribution in [2.75, 3.05) is 57.8 Å². The van der Waals surface area contributed by atoms with Crippen LogP contribution in [0.3, 0.4) is 0 Å². The number of likely N-dealkylation sites (N-methyl/N-ethyl adjacent to an activating group) is 1. The van der Waals surface area contributed by atoms with Gasteiger partial charge in [0.1, 0.15) is 5.60 Å². The second-order valence-corrected chi connectivity index (χ2v) is 7.56. The number of ether oxygens (including phenoxy) is 1. The molecule has 0 aliphatic carbocycles. The predicted octanol–water partition coefficient (Wildman–Crippen LogP) is 1.43. The van der Waals surface area contributed by atoms with Gasteiger partial charge in [0.2, 0.25) is 5.95 Å². The highest BCUT2D eigenvalue weighted by atomic mass is 16.6. The van der Waals surface area contributed by atoms with Crippen LogP contribution in [0.1, 0.15) is 27.7 Å². The lowest BCUT2D eigenvalue weighted by Gasteiger charge is -2.36. The molecule has 156 valence electrons. The molecule has 0 unspecified atom stereocenters. The van der Waals surface area contributed by atoms with Crippen LogP contribution in [0.5, 0.6) is 0 Å². The Morgan fingerprint density at radius 1 is 1.25 bits per heavy atom. The summed E-state index contributed by atoms with van der Waals surface area (Å²) in [5, 5.41) is 3.35. The van der Waals surface area contributed by atoms with E-state index >= 15 is 0 Å². The molecule has 0 radical (unpaired) electrons. The summed E-state index contributed by atoms with van der Waals surface area (Å²) in [7, 11) is 1.78. The van der Waals surface area contributed by atoms with Gasteiger partial charge in [0.25, 0.3) is 0 Å².